The Morgan fingerprint density at radius 3 is 2.62 bits per heavy atom. The number of nitrogens with zero attached hydrogens (tertiary/aromatic N) is 3. The lowest BCUT2D eigenvalue weighted by atomic mass is 10.1. The molecular formula is C28H26F3N3O3. The number of amides is 1. The monoisotopic (exact) mass is 509 g/mol. The number of amidine groups is 1. The van der Waals surface area contributed by atoms with E-state index in [2.05, 4.69) is 4.90 Å². The van der Waals surface area contributed by atoms with Gasteiger partial charge in [0.15, 0.2) is 5.75 Å². The number of ether oxygens (including phenoxy) is 2. The Balaban J connectivity index is 1.39. The van der Waals surface area contributed by atoms with Crippen LogP contribution >= 0.6 is 0 Å². The molecule has 2 aliphatic heterocycles. The lowest BCUT2D eigenvalue weighted by Crippen LogP contribution is -2.55. The predicted octanol–water partition coefficient (Wildman–Crippen LogP) is 5.67. The van der Waals surface area contributed by atoms with Crippen LogP contribution in [-0.4, -0.2) is 54.3 Å². The Labute approximate surface area is 212 Å². The second-order valence-corrected chi connectivity index (χ2v) is 9.12. The van der Waals surface area contributed by atoms with Gasteiger partial charge in [0.05, 0.1) is 24.7 Å². The molecule has 0 aromatic heterocycles. The molecule has 9 heteroatoms. The van der Waals surface area contributed by atoms with Crippen LogP contribution in [0.1, 0.15) is 23.6 Å². The number of piperazine rings is 1. The van der Waals surface area contributed by atoms with Gasteiger partial charge in [0.25, 0.3) is 0 Å². The van der Waals surface area contributed by atoms with Gasteiger partial charge in [0.2, 0.25) is 5.91 Å². The van der Waals surface area contributed by atoms with E-state index in [9.17, 15) is 18.0 Å². The van der Waals surface area contributed by atoms with Crippen molar-refractivity contribution in [1.82, 2.24) is 9.80 Å². The molecule has 2 heterocycles. The largest absolute Gasteiger partial charge is 0.497 e. The minimum Gasteiger partial charge on any atom is -0.497 e. The van der Waals surface area contributed by atoms with Crippen molar-refractivity contribution in [2.45, 2.75) is 25.6 Å². The normalized spacial score (nSPS) is 17.2. The van der Waals surface area contributed by atoms with Gasteiger partial charge in [0, 0.05) is 25.7 Å². The van der Waals surface area contributed by atoms with Gasteiger partial charge < -0.3 is 19.3 Å². The molecule has 192 valence electrons. The summed E-state index contributed by atoms with van der Waals surface area (Å²) in [5, 5.41) is 0. The molecule has 37 heavy (non-hydrogen) atoms. The standard InChI is InChI=1S/C28H26F3N3O3/c1-18-17-33(12-13-34(18)26(35)15-19-6-5-7-21(14-19)36-2)27-22-8-3-4-9-24(22)37-25-16-20(28(29,30)31)10-11-23(25)32-27/h3-11,14,16,18H,12-13,15,17H2,1-2H3/t18-/m1/s1. The van der Waals surface area contributed by atoms with E-state index in [1.54, 1.807) is 19.2 Å². The van der Waals surface area contributed by atoms with E-state index in [4.69, 9.17) is 14.5 Å². The van der Waals surface area contributed by atoms with Crippen molar-refractivity contribution in [2.24, 2.45) is 4.99 Å². The number of fused-ring (bicyclic) bond motifs is 2. The smallest absolute Gasteiger partial charge is 0.416 e. The van der Waals surface area contributed by atoms with Crippen LogP contribution < -0.4 is 9.47 Å². The van der Waals surface area contributed by atoms with E-state index in [1.807, 2.05) is 48.2 Å². The van der Waals surface area contributed by atoms with Crippen molar-refractivity contribution in [3.05, 3.63) is 83.4 Å². The van der Waals surface area contributed by atoms with Gasteiger partial charge in [-0.1, -0.05) is 24.3 Å². The highest BCUT2D eigenvalue weighted by atomic mass is 19.4. The van der Waals surface area contributed by atoms with Gasteiger partial charge in [0.1, 0.15) is 23.0 Å². The molecule has 0 saturated carbocycles. The van der Waals surface area contributed by atoms with Gasteiger partial charge in [-0.2, -0.15) is 13.2 Å². The summed E-state index contributed by atoms with van der Waals surface area (Å²) in [4.78, 5) is 21.8. The minimum atomic E-state index is -4.49. The van der Waals surface area contributed by atoms with Gasteiger partial charge >= 0.3 is 6.18 Å². The van der Waals surface area contributed by atoms with Crippen molar-refractivity contribution >= 4 is 17.4 Å². The number of hydrogen-bond acceptors (Lipinski definition) is 5. The molecule has 0 aliphatic carbocycles. The zero-order valence-electron chi connectivity index (χ0n) is 20.5. The fourth-order valence-corrected chi connectivity index (χ4v) is 4.72. The third kappa shape index (κ3) is 5.12. The number of carbonyl (C=O) groups excluding carboxylic acids is 1. The molecule has 1 fully saturated rings. The quantitative estimate of drug-likeness (QED) is 0.456. The molecule has 0 N–H and O–H groups in total. The molecule has 0 bridgehead atoms. The van der Waals surface area contributed by atoms with Crippen LogP contribution in [0.25, 0.3) is 0 Å². The Hall–Kier alpha value is -4.01. The molecule has 0 unspecified atom stereocenters. The van der Waals surface area contributed by atoms with Crippen LogP contribution in [0.15, 0.2) is 71.7 Å². The molecule has 1 atom stereocenters. The average molecular weight is 510 g/mol. The third-order valence-corrected chi connectivity index (χ3v) is 6.60. The molecule has 3 aromatic rings. The van der Waals surface area contributed by atoms with E-state index < -0.39 is 11.7 Å². The summed E-state index contributed by atoms with van der Waals surface area (Å²) >= 11 is 0. The maximum atomic E-state index is 13.3. The Morgan fingerprint density at radius 2 is 1.86 bits per heavy atom. The van der Waals surface area contributed by atoms with Crippen molar-refractivity contribution < 1.29 is 27.4 Å². The van der Waals surface area contributed by atoms with E-state index in [0.29, 0.717) is 48.2 Å². The molecule has 0 spiro atoms. The summed E-state index contributed by atoms with van der Waals surface area (Å²) in [6, 6.07) is 17.9. The molecule has 3 aromatic carbocycles. The molecular weight excluding hydrogens is 483 g/mol. The van der Waals surface area contributed by atoms with Crippen molar-refractivity contribution in [2.75, 3.05) is 26.7 Å². The van der Waals surface area contributed by atoms with Gasteiger partial charge in [-0.15, -0.1) is 0 Å². The summed E-state index contributed by atoms with van der Waals surface area (Å²) in [7, 11) is 1.59. The number of alkyl halides is 3. The predicted molar refractivity (Wildman–Crippen MR) is 134 cm³/mol. The lowest BCUT2D eigenvalue weighted by molar-refractivity contribution is -0.137. The van der Waals surface area contributed by atoms with Crippen LogP contribution in [0.5, 0.6) is 17.2 Å². The maximum Gasteiger partial charge on any atom is 0.416 e. The van der Waals surface area contributed by atoms with Crippen molar-refractivity contribution in [3.63, 3.8) is 0 Å². The highest BCUT2D eigenvalue weighted by Crippen LogP contribution is 2.42. The fraction of sp³-hybridized carbons (Fsp3) is 0.286. The number of aliphatic imine (C=N–C) groups is 1. The van der Waals surface area contributed by atoms with E-state index in [0.717, 1.165) is 17.7 Å². The summed E-state index contributed by atoms with van der Waals surface area (Å²) in [6.07, 6.45) is -4.21. The molecule has 2 aliphatic rings. The number of benzene rings is 3. The van der Waals surface area contributed by atoms with Crippen LogP contribution in [0.4, 0.5) is 18.9 Å². The number of halogens is 3. The zero-order valence-corrected chi connectivity index (χ0v) is 20.5. The Kier molecular flexibility index (Phi) is 6.54. The van der Waals surface area contributed by atoms with Crippen LogP contribution in [0.3, 0.4) is 0 Å². The second-order valence-electron chi connectivity index (χ2n) is 9.12. The number of para-hydroxylation sites is 1. The summed E-state index contributed by atoms with van der Waals surface area (Å²) in [6.45, 7) is 3.52. The zero-order chi connectivity index (χ0) is 26.2. The summed E-state index contributed by atoms with van der Waals surface area (Å²) in [5.41, 5.74) is 1.10. The highest BCUT2D eigenvalue weighted by Gasteiger charge is 2.34. The first-order valence-electron chi connectivity index (χ1n) is 12.0. The minimum absolute atomic E-state index is 0.0250. The number of rotatable bonds is 3. The van der Waals surface area contributed by atoms with Crippen LogP contribution in [0, 0.1) is 0 Å². The molecule has 1 amide bonds. The average Bonchev–Trinajstić information content (AvgIpc) is 3.04. The number of methoxy groups -OCH3 is 1. The topological polar surface area (TPSA) is 54.4 Å². The number of carbonyl (C=O) groups is 1. The molecule has 6 nitrogen and oxygen atoms in total. The van der Waals surface area contributed by atoms with Gasteiger partial charge in [-0.3, -0.25) is 4.79 Å². The Morgan fingerprint density at radius 1 is 1.05 bits per heavy atom. The molecule has 5 rings (SSSR count). The van der Waals surface area contributed by atoms with Crippen LogP contribution in [0.2, 0.25) is 0 Å². The van der Waals surface area contributed by atoms with Crippen LogP contribution in [-0.2, 0) is 17.4 Å². The lowest BCUT2D eigenvalue weighted by Gasteiger charge is -2.41. The summed E-state index contributed by atoms with van der Waals surface area (Å²) in [5.74, 6) is 1.83. The summed E-state index contributed by atoms with van der Waals surface area (Å²) < 4.78 is 51.1. The second kappa shape index (κ2) is 9.80. The number of hydrogen-bond donors (Lipinski definition) is 0. The Bertz CT molecular complexity index is 1360. The van der Waals surface area contributed by atoms with E-state index in [-0.39, 0.29) is 24.1 Å². The van der Waals surface area contributed by atoms with E-state index in [1.165, 1.54) is 6.07 Å². The third-order valence-electron chi connectivity index (χ3n) is 6.60. The first-order chi connectivity index (χ1) is 17.7. The maximum absolute atomic E-state index is 13.3. The van der Waals surface area contributed by atoms with E-state index >= 15 is 0 Å². The first-order valence-corrected chi connectivity index (χ1v) is 12.0. The van der Waals surface area contributed by atoms with Crippen molar-refractivity contribution in [3.8, 4) is 17.2 Å². The molecule has 1 saturated heterocycles. The fourth-order valence-electron chi connectivity index (χ4n) is 4.72. The van der Waals surface area contributed by atoms with Gasteiger partial charge in [-0.25, -0.2) is 4.99 Å². The van der Waals surface area contributed by atoms with Gasteiger partial charge in [-0.05, 0) is 55.0 Å². The first kappa shape index (κ1) is 24.7. The van der Waals surface area contributed by atoms with Crippen molar-refractivity contribution in [1.29, 1.82) is 0 Å². The highest BCUT2D eigenvalue weighted by molar-refractivity contribution is 6.04. The SMILES string of the molecule is COc1cccc(CC(=O)N2CCN(C3=Nc4ccc(C(F)(F)F)cc4Oc4ccccc43)C[C@H]2C)c1. The molecule has 0 radical (unpaired) electrons.